The Bertz CT molecular complexity index is 607. The van der Waals surface area contributed by atoms with Crippen molar-refractivity contribution >= 4 is 17.1 Å². The molecule has 1 aromatic carbocycles. The molecule has 0 saturated heterocycles. The van der Waals surface area contributed by atoms with Gasteiger partial charge in [0.2, 0.25) is 0 Å². The minimum Gasteiger partial charge on any atom is -0.496 e. The van der Waals surface area contributed by atoms with E-state index in [0.717, 1.165) is 5.01 Å². The third kappa shape index (κ3) is 2.26. The average molecular weight is 265 g/mol. The van der Waals surface area contributed by atoms with Gasteiger partial charge < -0.3 is 4.74 Å². The van der Waals surface area contributed by atoms with Gasteiger partial charge in [-0.2, -0.15) is 0 Å². The largest absolute Gasteiger partial charge is 0.496 e. The molecule has 2 aromatic rings. The molecule has 0 saturated carbocycles. The SMILES string of the molecule is COc1ccc(F)cc1-c1nc(C)sc1C(C)=O. The van der Waals surface area contributed by atoms with E-state index < -0.39 is 0 Å². The summed E-state index contributed by atoms with van der Waals surface area (Å²) in [6, 6.07) is 4.18. The number of hydrogen-bond acceptors (Lipinski definition) is 4. The number of rotatable bonds is 3. The summed E-state index contributed by atoms with van der Waals surface area (Å²) >= 11 is 1.30. The van der Waals surface area contributed by atoms with Crippen LogP contribution in [-0.2, 0) is 0 Å². The molecule has 0 radical (unpaired) electrons. The molecule has 0 atom stereocenters. The summed E-state index contributed by atoms with van der Waals surface area (Å²) in [4.78, 5) is 16.4. The lowest BCUT2D eigenvalue weighted by Crippen LogP contribution is -1.95. The number of thiazole rings is 1. The highest BCUT2D eigenvalue weighted by atomic mass is 32.1. The molecule has 3 nitrogen and oxygen atoms in total. The molecule has 5 heteroatoms. The van der Waals surface area contributed by atoms with Gasteiger partial charge in [-0.05, 0) is 25.1 Å². The first-order chi connectivity index (χ1) is 8.52. The van der Waals surface area contributed by atoms with Crippen molar-refractivity contribution in [1.29, 1.82) is 0 Å². The van der Waals surface area contributed by atoms with E-state index in [0.29, 0.717) is 21.9 Å². The fourth-order valence-electron chi connectivity index (χ4n) is 1.71. The molecular weight excluding hydrogens is 253 g/mol. The van der Waals surface area contributed by atoms with Crippen molar-refractivity contribution in [2.45, 2.75) is 13.8 Å². The van der Waals surface area contributed by atoms with Crippen molar-refractivity contribution < 1.29 is 13.9 Å². The molecule has 0 spiro atoms. The number of aryl methyl sites for hydroxylation is 1. The molecule has 0 unspecified atom stereocenters. The van der Waals surface area contributed by atoms with Crippen LogP contribution in [0.5, 0.6) is 5.75 Å². The number of methoxy groups -OCH3 is 1. The van der Waals surface area contributed by atoms with Crippen LogP contribution in [0.3, 0.4) is 0 Å². The van der Waals surface area contributed by atoms with Crippen LogP contribution in [-0.4, -0.2) is 17.9 Å². The van der Waals surface area contributed by atoms with Crippen LogP contribution >= 0.6 is 11.3 Å². The number of carbonyl (C=O) groups excluding carboxylic acids is 1. The molecule has 0 fully saturated rings. The van der Waals surface area contributed by atoms with Crippen LogP contribution in [0.25, 0.3) is 11.3 Å². The molecule has 0 aliphatic rings. The van der Waals surface area contributed by atoms with Gasteiger partial charge in [-0.25, -0.2) is 9.37 Å². The summed E-state index contributed by atoms with van der Waals surface area (Å²) in [6.45, 7) is 3.29. The Morgan fingerprint density at radius 2 is 2.17 bits per heavy atom. The molecule has 0 aliphatic carbocycles. The lowest BCUT2D eigenvalue weighted by Gasteiger charge is -2.07. The van der Waals surface area contributed by atoms with E-state index in [9.17, 15) is 9.18 Å². The summed E-state index contributed by atoms with van der Waals surface area (Å²) in [5.41, 5.74) is 0.994. The summed E-state index contributed by atoms with van der Waals surface area (Å²) < 4.78 is 18.5. The maximum Gasteiger partial charge on any atom is 0.172 e. The fraction of sp³-hybridized carbons (Fsp3) is 0.231. The molecule has 0 N–H and O–H groups in total. The van der Waals surface area contributed by atoms with E-state index in [1.54, 1.807) is 0 Å². The van der Waals surface area contributed by atoms with Gasteiger partial charge >= 0.3 is 0 Å². The standard InChI is InChI=1S/C13H12FNO2S/c1-7(16)13-12(15-8(2)18-13)10-6-9(14)4-5-11(10)17-3/h4-6H,1-3H3. The number of carbonyl (C=O) groups is 1. The van der Waals surface area contributed by atoms with Gasteiger partial charge in [0.05, 0.1) is 22.7 Å². The van der Waals surface area contributed by atoms with Crippen LogP contribution in [0.15, 0.2) is 18.2 Å². The van der Waals surface area contributed by atoms with Crippen LogP contribution in [0.4, 0.5) is 4.39 Å². The average Bonchev–Trinajstić information content (AvgIpc) is 2.71. The number of ketones is 1. The summed E-state index contributed by atoms with van der Waals surface area (Å²) in [6.07, 6.45) is 0. The second kappa shape index (κ2) is 4.86. The Morgan fingerprint density at radius 3 is 2.78 bits per heavy atom. The van der Waals surface area contributed by atoms with Gasteiger partial charge in [0, 0.05) is 12.5 Å². The Kier molecular flexibility index (Phi) is 3.43. The van der Waals surface area contributed by atoms with Gasteiger partial charge in [-0.3, -0.25) is 4.79 Å². The highest BCUT2D eigenvalue weighted by Gasteiger charge is 2.18. The van der Waals surface area contributed by atoms with Gasteiger partial charge in [-0.15, -0.1) is 11.3 Å². The summed E-state index contributed by atoms with van der Waals surface area (Å²) in [5.74, 6) is 0.0390. The minimum absolute atomic E-state index is 0.0816. The number of benzene rings is 1. The lowest BCUT2D eigenvalue weighted by molar-refractivity contribution is 0.102. The van der Waals surface area contributed by atoms with E-state index >= 15 is 0 Å². The number of nitrogens with zero attached hydrogens (tertiary/aromatic N) is 1. The Balaban J connectivity index is 2.68. The van der Waals surface area contributed by atoms with Crippen molar-refractivity contribution in [2.24, 2.45) is 0 Å². The Labute approximate surface area is 108 Å². The van der Waals surface area contributed by atoms with Gasteiger partial charge in [0.1, 0.15) is 11.6 Å². The van der Waals surface area contributed by atoms with E-state index in [1.165, 1.54) is 43.6 Å². The summed E-state index contributed by atoms with van der Waals surface area (Å²) in [7, 11) is 1.50. The quantitative estimate of drug-likeness (QED) is 0.798. The topological polar surface area (TPSA) is 39.2 Å². The van der Waals surface area contributed by atoms with Crippen LogP contribution in [0.1, 0.15) is 21.6 Å². The minimum atomic E-state index is -0.383. The Hall–Kier alpha value is -1.75. The predicted molar refractivity (Wildman–Crippen MR) is 68.8 cm³/mol. The van der Waals surface area contributed by atoms with Crippen molar-refractivity contribution in [3.63, 3.8) is 0 Å². The number of Topliss-reactive ketones (excluding diaryl/α,β-unsaturated/α-hetero) is 1. The second-order valence-electron chi connectivity index (χ2n) is 3.81. The van der Waals surface area contributed by atoms with Crippen molar-refractivity contribution in [3.05, 3.63) is 33.9 Å². The Morgan fingerprint density at radius 1 is 1.44 bits per heavy atom. The first-order valence-electron chi connectivity index (χ1n) is 5.35. The van der Waals surface area contributed by atoms with E-state index in [1.807, 2.05) is 6.92 Å². The third-order valence-corrected chi connectivity index (χ3v) is 3.54. The van der Waals surface area contributed by atoms with E-state index in [4.69, 9.17) is 4.74 Å². The van der Waals surface area contributed by atoms with Crippen LogP contribution < -0.4 is 4.74 Å². The smallest absolute Gasteiger partial charge is 0.172 e. The molecule has 0 amide bonds. The summed E-state index contributed by atoms with van der Waals surface area (Å²) in [5, 5.41) is 0.765. The van der Waals surface area contributed by atoms with Gasteiger partial charge in [-0.1, -0.05) is 0 Å². The molecule has 0 bridgehead atoms. The van der Waals surface area contributed by atoms with Crippen molar-refractivity contribution in [3.8, 4) is 17.0 Å². The molecule has 0 aliphatic heterocycles. The van der Waals surface area contributed by atoms with E-state index in [2.05, 4.69) is 4.98 Å². The first kappa shape index (κ1) is 12.7. The normalized spacial score (nSPS) is 10.4. The highest BCUT2D eigenvalue weighted by molar-refractivity contribution is 7.14. The fourth-order valence-corrected chi connectivity index (χ4v) is 2.54. The third-order valence-electron chi connectivity index (χ3n) is 2.47. The maximum absolute atomic E-state index is 13.3. The van der Waals surface area contributed by atoms with Crippen molar-refractivity contribution in [2.75, 3.05) is 7.11 Å². The highest BCUT2D eigenvalue weighted by Crippen LogP contribution is 2.35. The van der Waals surface area contributed by atoms with Crippen LogP contribution in [0, 0.1) is 12.7 Å². The molecule has 94 valence electrons. The molecule has 2 rings (SSSR count). The molecule has 1 heterocycles. The zero-order chi connectivity index (χ0) is 13.3. The van der Waals surface area contributed by atoms with Gasteiger partial charge in [0.25, 0.3) is 0 Å². The van der Waals surface area contributed by atoms with Crippen LogP contribution in [0.2, 0.25) is 0 Å². The second-order valence-corrected chi connectivity index (χ2v) is 5.01. The van der Waals surface area contributed by atoms with E-state index in [-0.39, 0.29) is 11.6 Å². The molecular formula is C13H12FNO2S. The number of aromatic nitrogens is 1. The first-order valence-corrected chi connectivity index (χ1v) is 6.17. The lowest BCUT2D eigenvalue weighted by atomic mass is 10.1. The predicted octanol–water partition coefficient (Wildman–Crippen LogP) is 3.47. The number of hydrogen-bond donors (Lipinski definition) is 0. The molecule has 18 heavy (non-hydrogen) atoms. The van der Waals surface area contributed by atoms with Crippen molar-refractivity contribution in [1.82, 2.24) is 4.98 Å². The monoisotopic (exact) mass is 265 g/mol. The van der Waals surface area contributed by atoms with Gasteiger partial charge in [0.15, 0.2) is 5.78 Å². The number of halogens is 1. The maximum atomic E-state index is 13.3. The molecule has 1 aromatic heterocycles. The zero-order valence-corrected chi connectivity index (χ0v) is 11.1. The zero-order valence-electron chi connectivity index (χ0n) is 10.3. The number of ether oxygens (including phenoxy) is 1.